The van der Waals surface area contributed by atoms with Crippen LogP contribution >= 0.6 is 0 Å². The van der Waals surface area contributed by atoms with Gasteiger partial charge in [0.25, 0.3) is 0 Å². The zero-order valence-electron chi connectivity index (χ0n) is 9.52. The molecule has 1 aliphatic rings. The first kappa shape index (κ1) is 16.5. The van der Waals surface area contributed by atoms with Crippen LogP contribution in [-0.4, -0.2) is 31.5 Å². The van der Waals surface area contributed by atoms with E-state index in [1.807, 2.05) is 0 Å². The molecule has 84 valence electrons. The fraction of sp³-hybridized carbons (Fsp3) is 1.00. The Morgan fingerprint density at radius 1 is 0.933 bits per heavy atom. The summed E-state index contributed by atoms with van der Waals surface area (Å²) in [7, 11) is 0. The van der Waals surface area contributed by atoms with E-state index in [2.05, 4.69) is 4.90 Å². The van der Waals surface area contributed by atoms with E-state index in [0.29, 0.717) is 6.54 Å². The monoisotopic (exact) mass is 247 g/mol. The molecular weight excluding hydrogens is 229 g/mol. The Balaban J connectivity index is 0.00000196. The van der Waals surface area contributed by atoms with Crippen LogP contribution in [0.5, 0.6) is 0 Å². The number of hydrogen-bond acceptors (Lipinski definition) is 1. The molecule has 1 aliphatic heterocycles. The fourth-order valence-corrected chi connectivity index (χ4v) is 1.91. The summed E-state index contributed by atoms with van der Waals surface area (Å²) < 4.78 is 35.8. The fourth-order valence-electron chi connectivity index (χ4n) is 1.91. The molecule has 1 fully saturated rings. The molecule has 1 saturated heterocycles. The van der Waals surface area contributed by atoms with Gasteiger partial charge in [-0.3, -0.25) is 0 Å². The summed E-state index contributed by atoms with van der Waals surface area (Å²) in [6.07, 6.45) is 4.48. The first-order chi connectivity index (χ1) is 6.58. The van der Waals surface area contributed by atoms with E-state index in [1.54, 1.807) is 0 Å². The molecule has 0 unspecified atom stereocenters. The van der Waals surface area contributed by atoms with Crippen LogP contribution in [0.15, 0.2) is 0 Å². The molecule has 0 aromatic carbocycles. The van der Waals surface area contributed by atoms with Gasteiger partial charge in [0.1, 0.15) is 0 Å². The van der Waals surface area contributed by atoms with Gasteiger partial charge in [0.2, 0.25) is 0 Å². The predicted octanol–water partition coefficient (Wildman–Crippen LogP) is 0.104. The maximum absolute atomic E-state index is 11.9. The third-order valence-corrected chi connectivity index (χ3v) is 2.70. The van der Waals surface area contributed by atoms with E-state index in [9.17, 15) is 12.9 Å². The summed E-state index contributed by atoms with van der Waals surface area (Å²) in [5, 5.41) is 0. The minimum absolute atomic E-state index is 0. The van der Waals surface area contributed by atoms with Crippen molar-refractivity contribution < 1.29 is 64.3 Å². The average molecular weight is 247 g/mol. The van der Waals surface area contributed by atoms with Gasteiger partial charge in [0.05, 0.1) is 0 Å². The average Bonchev–Trinajstić information content (AvgIpc) is 2.30. The van der Waals surface area contributed by atoms with Crippen LogP contribution in [0.4, 0.5) is 12.9 Å². The smallest absolute Gasteiger partial charge is 0.449 e. The molecular formula is C9H18BF3KN. The van der Waals surface area contributed by atoms with E-state index in [4.69, 9.17) is 0 Å². The minimum atomic E-state index is -4.57. The van der Waals surface area contributed by atoms with Gasteiger partial charge in [-0.15, -0.1) is 0 Å². The third-order valence-electron chi connectivity index (χ3n) is 2.70. The Hall–Kier alpha value is 1.45. The van der Waals surface area contributed by atoms with Gasteiger partial charge >= 0.3 is 58.4 Å². The van der Waals surface area contributed by atoms with Crippen molar-refractivity contribution in [3.05, 3.63) is 0 Å². The second kappa shape index (κ2) is 8.53. The summed E-state index contributed by atoms with van der Waals surface area (Å²) in [6, 6.07) is 0. The van der Waals surface area contributed by atoms with Gasteiger partial charge in [0, 0.05) is 0 Å². The zero-order chi connectivity index (χ0) is 10.4. The molecule has 1 rings (SSSR count). The molecule has 15 heavy (non-hydrogen) atoms. The van der Waals surface area contributed by atoms with Crippen molar-refractivity contribution in [2.24, 2.45) is 0 Å². The molecule has 0 bridgehead atoms. The first-order valence-electron chi connectivity index (χ1n) is 5.51. The largest absolute Gasteiger partial charge is 1.00 e. The molecule has 0 N–H and O–H groups in total. The summed E-state index contributed by atoms with van der Waals surface area (Å²) in [5.74, 6) is 0. The Morgan fingerprint density at radius 3 is 1.93 bits per heavy atom. The zero-order valence-corrected chi connectivity index (χ0v) is 12.6. The van der Waals surface area contributed by atoms with Crippen molar-refractivity contribution in [1.29, 1.82) is 0 Å². The van der Waals surface area contributed by atoms with E-state index >= 15 is 0 Å². The van der Waals surface area contributed by atoms with E-state index in [0.717, 1.165) is 25.9 Å². The Labute approximate surface area is 133 Å². The van der Waals surface area contributed by atoms with Gasteiger partial charge in [-0.25, -0.2) is 0 Å². The van der Waals surface area contributed by atoms with Crippen LogP contribution in [0.3, 0.4) is 0 Å². The van der Waals surface area contributed by atoms with Crippen molar-refractivity contribution in [2.45, 2.75) is 38.4 Å². The maximum Gasteiger partial charge on any atom is 1.00 e. The summed E-state index contributed by atoms with van der Waals surface area (Å²) in [6.45, 7) is -1.96. The van der Waals surface area contributed by atoms with Crippen LogP contribution in [0, 0.1) is 0 Å². The molecule has 0 aromatic heterocycles. The van der Waals surface area contributed by atoms with Crippen molar-refractivity contribution in [3.8, 4) is 0 Å². The third kappa shape index (κ3) is 9.18. The molecule has 0 saturated carbocycles. The van der Waals surface area contributed by atoms with Crippen molar-refractivity contribution in [2.75, 3.05) is 19.6 Å². The quantitative estimate of drug-likeness (QED) is 0.637. The number of rotatable bonds is 4. The van der Waals surface area contributed by atoms with Crippen LogP contribution in [0.1, 0.15) is 32.1 Å². The number of hydrogen-bond donors (Lipinski definition) is 0. The second-order valence-corrected chi connectivity index (χ2v) is 4.11. The van der Waals surface area contributed by atoms with Crippen LogP contribution in [0.2, 0.25) is 6.32 Å². The minimum Gasteiger partial charge on any atom is -0.449 e. The van der Waals surface area contributed by atoms with Crippen molar-refractivity contribution in [3.63, 3.8) is 0 Å². The molecule has 0 aromatic rings. The molecule has 1 heterocycles. The predicted molar refractivity (Wildman–Crippen MR) is 53.4 cm³/mol. The van der Waals surface area contributed by atoms with Gasteiger partial charge in [-0.2, -0.15) is 0 Å². The Morgan fingerprint density at radius 2 is 1.47 bits per heavy atom. The van der Waals surface area contributed by atoms with Crippen molar-refractivity contribution in [1.82, 2.24) is 4.90 Å². The first-order valence-corrected chi connectivity index (χ1v) is 5.51. The van der Waals surface area contributed by atoms with E-state index < -0.39 is 13.3 Å². The molecule has 0 spiro atoms. The summed E-state index contributed by atoms with van der Waals surface area (Å²) >= 11 is 0. The summed E-state index contributed by atoms with van der Waals surface area (Å²) in [5.41, 5.74) is 0. The van der Waals surface area contributed by atoms with Crippen LogP contribution in [0.25, 0.3) is 0 Å². The van der Waals surface area contributed by atoms with E-state index in [-0.39, 0.29) is 57.8 Å². The summed E-state index contributed by atoms with van der Waals surface area (Å²) in [4.78, 5) is 2.18. The van der Waals surface area contributed by atoms with Gasteiger partial charge in [-0.05, 0) is 32.5 Å². The molecule has 0 atom stereocenters. The molecule has 0 amide bonds. The number of halogens is 3. The topological polar surface area (TPSA) is 3.24 Å². The van der Waals surface area contributed by atoms with Gasteiger partial charge in [0.15, 0.2) is 0 Å². The number of likely N-dealkylation sites (tertiary alicyclic amines) is 1. The van der Waals surface area contributed by atoms with Gasteiger partial charge in [-0.1, -0.05) is 25.6 Å². The maximum atomic E-state index is 11.9. The second-order valence-electron chi connectivity index (χ2n) is 4.11. The molecule has 1 nitrogen and oxygen atoms in total. The van der Waals surface area contributed by atoms with Crippen LogP contribution < -0.4 is 51.4 Å². The molecule has 0 radical (unpaired) electrons. The Kier molecular flexibility index (Phi) is 9.35. The van der Waals surface area contributed by atoms with E-state index in [1.165, 1.54) is 12.8 Å². The SMILES string of the molecule is F[B-](F)(F)CCCN1CCCCCC1.[K+]. The standard InChI is InChI=1S/C9H18BF3N.K/c11-10(12,13)6-5-9-14-7-3-1-2-4-8-14;/h1-9H2;/q-1;+1. The van der Waals surface area contributed by atoms with Crippen LogP contribution in [-0.2, 0) is 0 Å². The normalized spacial score (nSPS) is 19.4. The van der Waals surface area contributed by atoms with Gasteiger partial charge < -0.3 is 17.8 Å². The number of nitrogens with zero attached hydrogens (tertiary/aromatic N) is 1. The Bertz CT molecular complexity index is 158. The van der Waals surface area contributed by atoms with Crippen molar-refractivity contribution >= 4 is 6.98 Å². The molecule has 0 aliphatic carbocycles. The molecule has 6 heteroatoms.